The average Bonchev–Trinajstić information content (AvgIpc) is 1.99. The molecule has 0 saturated heterocycles. The molecule has 0 saturated carbocycles. The van der Waals surface area contributed by atoms with Gasteiger partial charge in [0, 0.05) is 6.42 Å². The van der Waals surface area contributed by atoms with Crippen LogP contribution in [0.3, 0.4) is 0 Å². The van der Waals surface area contributed by atoms with Crippen molar-refractivity contribution in [1.82, 2.24) is 0 Å². The summed E-state index contributed by atoms with van der Waals surface area (Å²) in [5, 5.41) is 0. The highest BCUT2D eigenvalue weighted by Crippen LogP contribution is 2.05. The lowest BCUT2D eigenvalue weighted by Crippen LogP contribution is -1.87. The molecule has 2 nitrogen and oxygen atoms in total. The summed E-state index contributed by atoms with van der Waals surface area (Å²) in [6, 6.07) is 0. The molecule has 0 aliphatic carbocycles. The van der Waals surface area contributed by atoms with Gasteiger partial charge in [0.2, 0.25) is 0 Å². The predicted molar refractivity (Wildman–Crippen MR) is 40.4 cm³/mol. The number of hydrogen-bond donors (Lipinski definition) is 0. The number of carbonyl (C=O) groups excluding carboxylic acids is 1. The fraction of sp³-hybridized carbons (Fsp3) is 0.750. The molecular weight excluding hydrogens is 128 g/mol. The standard InChI is InChI=1S/C8H14O2/c1-3-4-5-6-8(7-9)10-2/h3-6H2,1-2H3. The Balaban J connectivity index is 3.37. The summed E-state index contributed by atoms with van der Waals surface area (Å²) in [7, 11) is 1.51. The molecule has 2 heteroatoms. The first-order valence-electron chi connectivity index (χ1n) is 3.63. The smallest absolute Gasteiger partial charge is 0.179 e. The molecule has 0 heterocycles. The monoisotopic (exact) mass is 142 g/mol. The third-order valence-electron chi connectivity index (χ3n) is 1.37. The molecule has 0 atom stereocenters. The molecule has 0 radical (unpaired) electrons. The van der Waals surface area contributed by atoms with Crippen molar-refractivity contribution in [2.24, 2.45) is 0 Å². The number of rotatable bonds is 5. The average molecular weight is 142 g/mol. The van der Waals surface area contributed by atoms with E-state index in [2.05, 4.69) is 6.92 Å². The fourth-order valence-corrected chi connectivity index (χ4v) is 0.730. The maximum absolute atomic E-state index is 10.0. The molecule has 0 N–H and O–H groups in total. The van der Waals surface area contributed by atoms with E-state index in [1.54, 1.807) is 5.94 Å². The SMILES string of the molecule is CCCCCC(=C=O)OC. The molecule has 0 rings (SSSR count). The number of hydrogen-bond acceptors (Lipinski definition) is 2. The lowest BCUT2D eigenvalue weighted by Gasteiger charge is -1.98. The number of ether oxygens (including phenoxy) is 1. The van der Waals surface area contributed by atoms with Crippen LogP contribution in [0.25, 0.3) is 0 Å². The van der Waals surface area contributed by atoms with E-state index in [0.29, 0.717) is 5.76 Å². The van der Waals surface area contributed by atoms with Gasteiger partial charge in [-0.3, -0.25) is 0 Å². The Bertz CT molecular complexity index is 123. The zero-order valence-electron chi connectivity index (χ0n) is 6.64. The van der Waals surface area contributed by atoms with Gasteiger partial charge in [0.25, 0.3) is 0 Å². The number of methoxy groups -OCH3 is 1. The molecule has 0 aromatic rings. The van der Waals surface area contributed by atoms with Crippen LogP contribution in [0.2, 0.25) is 0 Å². The van der Waals surface area contributed by atoms with E-state index in [9.17, 15) is 4.79 Å². The van der Waals surface area contributed by atoms with Crippen molar-refractivity contribution in [1.29, 1.82) is 0 Å². The third kappa shape index (κ3) is 4.16. The molecular formula is C8H14O2. The van der Waals surface area contributed by atoms with Crippen LogP contribution >= 0.6 is 0 Å². The zero-order valence-corrected chi connectivity index (χ0v) is 6.64. The van der Waals surface area contributed by atoms with Crippen LogP contribution in [-0.2, 0) is 9.53 Å². The van der Waals surface area contributed by atoms with Crippen molar-refractivity contribution in [3.63, 3.8) is 0 Å². The van der Waals surface area contributed by atoms with Crippen molar-refractivity contribution >= 4 is 5.94 Å². The first-order valence-corrected chi connectivity index (χ1v) is 3.63. The van der Waals surface area contributed by atoms with E-state index in [1.807, 2.05) is 0 Å². The number of allylic oxidation sites excluding steroid dienone is 1. The Morgan fingerprint density at radius 3 is 2.60 bits per heavy atom. The minimum absolute atomic E-state index is 0.438. The highest BCUT2D eigenvalue weighted by Gasteiger charge is 1.94. The van der Waals surface area contributed by atoms with Crippen molar-refractivity contribution in [2.45, 2.75) is 32.6 Å². The van der Waals surface area contributed by atoms with Gasteiger partial charge < -0.3 is 4.74 Å². The van der Waals surface area contributed by atoms with Crippen molar-refractivity contribution in [3.05, 3.63) is 5.76 Å². The summed E-state index contributed by atoms with van der Waals surface area (Å²) < 4.78 is 4.74. The maximum Gasteiger partial charge on any atom is 0.179 e. The van der Waals surface area contributed by atoms with Gasteiger partial charge in [-0.15, -0.1) is 0 Å². The Labute approximate surface area is 61.9 Å². The van der Waals surface area contributed by atoms with E-state index in [4.69, 9.17) is 4.74 Å². The first-order chi connectivity index (χ1) is 4.85. The second-order valence-electron chi connectivity index (χ2n) is 2.19. The van der Waals surface area contributed by atoms with Gasteiger partial charge in [0.15, 0.2) is 11.7 Å². The van der Waals surface area contributed by atoms with Crippen molar-refractivity contribution < 1.29 is 9.53 Å². The van der Waals surface area contributed by atoms with Crippen molar-refractivity contribution in [3.8, 4) is 0 Å². The predicted octanol–water partition coefficient (Wildman–Crippen LogP) is 1.93. The van der Waals surface area contributed by atoms with Crippen LogP contribution in [0.4, 0.5) is 0 Å². The highest BCUT2D eigenvalue weighted by atomic mass is 16.5. The van der Waals surface area contributed by atoms with Crippen LogP contribution in [0.5, 0.6) is 0 Å². The summed E-state index contributed by atoms with van der Waals surface area (Å²) in [6.45, 7) is 2.12. The lowest BCUT2D eigenvalue weighted by molar-refractivity contribution is 0.277. The van der Waals surface area contributed by atoms with Gasteiger partial charge in [0.1, 0.15) is 0 Å². The summed E-state index contributed by atoms with van der Waals surface area (Å²) in [6.07, 6.45) is 4.06. The molecule has 0 aliphatic rings. The molecule has 0 aromatic heterocycles. The normalized spacial score (nSPS) is 8.60. The number of unbranched alkanes of at least 4 members (excludes halogenated alkanes) is 2. The topological polar surface area (TPSA) is 26.3 Å². The van der Waals surface area contributed by atoms with Gasteiger partial charge in [0.05, 0.1) is 7.11 Å². The summed E-state index contributed by atoms with van der Waals surface area (Å²) >= 11 is 0. The summed E-state index contributed by atoms with van der Waals surface area (Å²) in [5.41, 5.74) is 0. The minimum Gasteiger partial charge on any atom is -0.490 e. The molecule has 10 heavy (non-hydrogen) atoms. The molecule has 0 aromatic carbocycles. The van der Waals surface area contributed by atoms with Crippen molar-refractivity contribution in [2.75, 3.05) is 7.11 Å². The van der Waals surface area contributed by atoms with Gasteiger partial charge >= 0.3 is 0 Å². The fourth-order valence-electron chi connectivity index (χ4n) is 0.730. The van der Waals surface area contributed by atoms with E-state index in [1.165, 1.54) is 7.11 Å². The molecule has 0 aliphatic heterocycles. The maximum atomic E-state index is 10.0. The quantitative estimate of drug-likeness (QED) is 0.333. The first kappa shape index (κ1) is 9.25. The minimum atomic E-state index is 0.438. The van der Waals surface area contributed by atoms with E-state index < -0.39 is 0 Å². The summed E-state index contributed by atoms with van der Waals surface area (Å²) in [4.78, 5) is 10.0. The second kappa shape index (κ2) is 6.37. The van der Waals surface area contributed by atoms with Crippen LogP contribution in [-0.4, -0.2) is 13.1 Å². The molecule has 0 bridgehead atoms. The van der Waals surface area contributed by atoms with Gasteiger partial charge in [-0.25, -0.2) is 4.79 Å². The van der Waals surface area contributed by atoms with E-state index in [-0.39, 0.29) is 0 Å². The Morgan fingerprint density at radius 1 is 1.50 bits per heavy atom. The third-order valence-corrected chi connectivity index (χ3v) is 1.37. The van der Waals surface area contributed by atoms with E-state index >= 15 is 0 Å². The molecule has 0 spiro atoms. The highest BCUT2D eigenvalue weighted by molar-refractivity contribution is 5.49. The van der Waals surface area contributed by atoms with Crippen LogP contribution in [0.1, 0.15) is 32.6 Å². The Morgan fingerprint density at radius 2 is 2.20 bits per heavy atom. The van der Waals surface area contributed by atoms with Gasteiger partial charge in [-0.2, -0.15) is 0 Å². The lowest BCUT2D eigenvalue weighted by atomic mass is 10.2. The summed E-state index contributed by atoms with van der Waals surface area (Å²) in [5.74, 6) is 2.19. The van der Waals surface area contributed by atoms with Crippen LogP contribution < -0.4 is 0 Å². The molecule has 58 valence electrons. The second-order valence-corrected chi connectivity index (χ2v) is 2.19. The molecule has 0 unspecified atom stereocenters. The largest absolute Gasteiger partial charge is 0.490 e. The Kier molecular flexibility index (Phi) is 5.89. The Hall–Kier alpha value is -0.750. The van der Waals surface area contributed by atoms with Crippen LogP contribution in [0, 0.1) is 0 Å². The molecule has 0 amide bonds. The molecule has 0 fully saturated rings. The van der Waals surface area contributed by atoms with Gasteiger partial charge in [-0.05, 0) is 6.42 Å². The van der Waals surface area contributed by atoms with Crippen LogP contribution in [0.15, 0.2) is 5.76 Å². The zero-order chi connectivity index (χ0) is 7.82. The van der Waals surface area contributed by atoms with E-state index in [0.717, 1.165) is 25.7 Å². The van der Waals surface area contributed by atoms with Gasteiger partial charge in [-0.1, -0.05) is 19.8 Å².